The fourth-order valence-electron chi connectivity index (χ4n) is 5.25. The van der Waals surface area contributed by atoms with E-state index in [0.717, 1.165) is 16.7 Å². The van der Waals surface area contributed by atoms with Gasteiger partial charge in [0.2, 0.25) is 0 Å². The van der Waals surface area contributed by atoms with Gasteiger partial charge in [-0.1, -0.05) is 85.5 Å². The summed E-state index contributed by atoms with van der Waals surface area (Å²) < 4.78 is 18.0. The number of carbonyl (C=O) groups is 1. The first-order valence-corrected chi connectivity index (χ1v) is 14.3. The first kappa shape index (κ1) is 29.5. The zero-order valence-corrected chi connectivity index (χ0v) is 24.1. The maximum Gasteiger partial charge on any atom is 0.411 e. The van der Waals surface area contributed by atoms with Crippen LogP contribution in [-0.2, 0) is 20.8 Å². The van der Waals surface area contributed by atoms with Crippen molar-refractivity contribution in [1.82, 2.24) is 4.90 Å². The predicted molar refractivity (Wildman–Crippen MR) is 165 cm³/mol. The average molecular weight is 567 g/mol. The molecule has 7 heteroatoms. The fourth-order valence-corrected chi connectivity index (χ4v) is 5.25. The highest BCUT2D eigenvalue weighted by atomic mass is 16.7. The quantitative estimate of drug-likeness (QED) is 0.196. The minimum absolute atomic E-state index is 0.000857. The SMILES string of the molecule is C=CCOC(=O)Nc1ccc(C2OC(CN(C)C(C)c3ccc4ccccc4c3)CC(c3ccc(CO)cc3)O2)cc1. The van der Waals surface area contributed by atoms with Gasteiger partial charge in [0, 0.05) is 30.3 Å². The summed E-state index contributed by atoms with van der Waals surface area (Å²) in [5, 5.41) is 14.7. The summed E-state index contributed by atoms with van der Waals surface area (Å²) in [6.07, 6.45) is 0.812. The van der Waals surface area contributed by atoms with Crippen molar-refractivity contribution >= 4 is 22.6 Å². The topological polar surface area (TPSA) is 80.3 Å². The van der Waals surface area contributed by atoms with Crippen LogP contribution in [-0.4, -0.2) is 42.4 Å². The number of nitrogens with zero attached hydrogens (tertiary/aromatic N) is 1. The summed E-state index contributed by atoms with van der Waals surface area (Å²) in [6, 6.07) is 30.5. The van der Waals surface area contributed by atoms with Crippen molar-refractivity contribution in [2.75, 3.05) is 25.5 Å². The summed E-state index contributed by atoms with van der Waals surface area (Å²) in [5.74, 6) is 0. The molecule has 42 heavy (non-hydrogen) atoms. The van der Waals surface area contributed by atoms with Gasteiger partial charge in [0.15, 0.2) is 6.29 Å². The van der Waals surface area contributed by atoms with Gasteiger partial charge in [0.05, 0.1) is 18.8 Å². The van der Waals surface area contributed by atoms with E-state index in [9.17, 15) is 9.90 Å². The Labute approximate surface area is 247 Å². The van der Waals surface area contributed by atoms with Gasteiger partial charge in [-0.15, -0.1) is 0 Å². The van der Waals surface area contributed by atoms with Gasteiger partial charge in [-0.05, 0) is 59.6 Å². The summed E-state index contributed by atoms with van der Waals surface area (Å²) in [4.78, 5) is 14.2. The number of rotatable bonds is 10. The van der Waals surface area contributed by atoms with Gasteiger partial charge < -0.3 is 19.3 Å². The van der Waals surface area contributed by atoms with Gasteiger partial charge in [-0.25, -0.2) is 4.79 Å². The highest BCUT2D eigenvalue weighted by Crippen LogP contribution is 2.39. The molecule has 5 rings (SSSR count). The number of nitrogens with one attached hydrogen (secondary N) is 1. The minimum atomic E-state index is -0.586. The second-order valence-electron chi connectivity index (χ2n) is 10.7. The van der Waals surface area contributed by atoms with Gasteiger partial charge in [-0.3, -0.25) is 10.2 Å². The molecule has 0 saturated carbocycles. The van der Waals surface area contributed by atoms with E-state index >= 15 is 0 Å². The molecule has 4 aromatic carbocycles. The summed E-state index contributed by atoms with van der Waals surface area (Å²) in [5.41, 5.74) is 4.62. The van der Waals surface area contributed by atoms with E-state index < -0.39 is 12.4 Å². The number of benzene rings is 4. The smallest absolute Gasteiger partial charge is 0.411 e. The molecule has 1 aliphatic heterocycles. The zero-order valence-electron chi connectivity index (χ0n) is 24.1. The molecule has 218 valence electrons. The van der Waals surface area contributed by atoms with Gasteiger partial charge >= 0.3 is 6.09 Å². The highest BCUT2D eigenvalue weighted by Gasteiger charge is 2.33. The second kappa shape index (κ2) is 13.8. The Bertz CT molecular complexity index is 1490. The number of aliphatic hydroxyl groups is 1. The third-order valence-electron chi connectivity index (χ3n) is 7.79. The molecule has 1 saturated heterocycles. The number of hydrogen-bond donors (Lipinski definition) is 2. The molecule has 0 bridgehead atoms. The number of ether oxygens (including phenoxy) is 3. The molecule has 4 aromatic rings. The second-order valence-corrected chi connectivity index (χ2v) is 10.7. The summed E-state index contributed by atoms with van der Waals surface area (Å²) in [7, 11) is 2.13. The van der Waals surface area contributed by atoms with Crippen LogP contribution in [0.3, 0.4) is 0 Å². The Morgan fingerprint density at radius 2 is 1.74 bits per heavy atom. The van der Waals surface area contributed by atoms with Crippen LogP contribution in [0.2, 0.25) is 0 Å². The summed E-state index contributed by atoms with van der Waals surface area (Å²) in [6.45, 7) is 6.63. The van der Waals surface area contributed by atoms with Crippen LogP contribution >= 0.6 is 0 Å². The lowest BCUT2D eigenvalue weighted by atomic mass is 9.98. The monoisotopic (exact) mass is 566 g/mol. The molecule has 0 aliphatic carbocycles. The lowest BCUT2D eigenvalue weighted by molar-refractivity contribution is -0.253. The van der Waals surface area contributed by atoms with Crippen molar-refractivity contribution in [1.29, 1.82) is 0 Å². The third-order valence-corrected chi connectivity index (χ3v) is 7.79. The van der Waals surface area contributed by atoms with E-state index in [1.165, 1.54) is 22.4 Å². The van der Waals surface area contributed by atoms with E-state index in [1.807, 2.05) is 36.4 Å². The maximum absolute atomic E-state index is 11.9. The van der Waals surface area contributed by atoms with Crippen molar-refractivity contribution in [3.63, 3.8) is 0 Å². The lowest BCUT2D eigenvalue weighted by Gasteiger charge is -2.39. The van der Waals surface area contributed by atoms with Gasteiger partial charge in [0.25, 0.3) is 0 Å². The molecule has 0 aromatic heterocycles. The molecule has 4 atom stereocenters. The predicted octanol–water partition coefficient (Wildman–Crippen LogP) is 7.31. The minimum Gasteiger partial charge on any atom is -0.445 e. The number of amides is 1. The zero-order chi connectivity index (χ0) is 29.5. The molecule has 1 amide bonds. The van der Waals surface area contributed by atoms with Crippen molar-refractivity contribution in [2.24, 2.45) is 0 Å². The highest BCUT2D eigenvalue weighted by molar-refractivity contribution is 5.84. The van der Waals surface area contributed by atoms with Crippen LogP contribution in [0.1, 0.15) is 54.0 Å². The Kier molecular flexibility index (Phi) is 9.66. The summed E-state index contributed by atoms with van der Waals surface area (Å²) >= 11 is 0. The molecule has 0 spiro atoms. The first-order valence-electron chi connectivity index (χ1n) is 14.3. The number of hydrogen-bond acceptors (Lipinski definition) is 6. The third kappa shape index (κ3) is 7.24. The average Bonchev–Trinajstić information content (AvgIpc) is 3.03. The Morgan fingerprint density at radius 3 is 2.45 bits per heavy atom. The van der Waals surface area contributed by atoms with Crippen LogP contribution in [0.4, 0.5) is 10.5 Å². The maximum atomic E-state index is 11.9. The molecule has 0 radical (unpaired) electrons. The number of aliphatic hydroxyl groups excluding tert-OH is 1. The van der Waals surface area contributed by atoms with Crippen LogP contribution in [0.5, 0.6) is 0 Å². The number of likely N-dealkylation sites (N-methyl/N-ethyl adjacent to an activating group) is 1. The standard InChI is InChI=1S/C35H38N2O5/c1-4-19-40-35(39)36-31-17-15-28(16-18-31)34-41-32(21-33(42-34)27-11-9-25(23-38)10-12-27)22-37(3)24(2)29-14-13-26-7-5-6-8-30(26)20-29/h4-18,20,24,32-34,38H,1,19,21-23H2,2-3H3,(H,36,39). The Morgan fingerprint density at radius 1 is 1.02 bits per heavy atom. The van der Waals surface area contributed by atoms with Gasteiger partial charge in [-0.2, -0.15) is 0 Å². The number of anilines is 1. The molecule has 1 heterocycles. The molecular formula is C35H38N2O5. The van der Waals surface area contributed by atoms with E-state index in [1.54, 1.807) is 12.1 Å². The largest absolute Gasteiger partial charge is 0.445 e. The fraction of sp³-hybridized carbons (Fsp3) is 0.286. The van der Waals surface area contributed by atoms with E-state index in [0.29, 0.717) is 18.7 Å². The van der Waals surface area contributed by atoms with E-state index in [4.69, 9.17) is 14.2 Å². The first-order chi connectivity index (χ1) is 20.4. The van der Waals surface area contributed by atoms with Crippen molar-refractivity contribution in [3.05, 3.63) is 126 Å². The Hall–Kier alpha value is -4.01. The Balaban J connectivity index is 1.32. The molecule has 1 aliphatic rings. The van der Waals surface area contributed by atoms with Crippen molar-refractivity contribution in [2.45, 2.75) is 44.5 Å². The van der Waals surface area contributed by atoms with Crippen LogP contribution < -0.4 is 5.32 Å². The lowest BCUT2D eigenvalue weighted by Crippen LogP contribution is -2.38. The molecule has 4 unspecified atom stereocenters. The van der Waals surface area contributed by atoms with Crippen LogP contribution in [0.15, 0.2) is 104 Å². The number of carbonyl (C=O) groups excluding carboxylic acids is 1. The molecule has 7 nitrogen and oxygen atoms in total. The normalized spacial score (nSPS) is 19.4. The van der Waals surface area contributed by atoms with E-state index in [-0.39, 0.29) is 31.5 Å². The van der Waals surface area contributed by atoms with Gasteiger partial charge in [0.1, 0.15) is 6.61 Å². The molecular weight excluding hydrogens is 528 g/mol. The number of fused-ring (bicyclic) bond motifs is 1. The van der Waals surface area contributed by atoms with Crippen LogP contribution in [0.25, 0.3) is 10.8 Å². The molecule has 2 N–H and O–H groups in total. The van der Waals surface area contributed by atoms with E-state index in [2.05, 4.69) is 73.2 Å². The molecule has 1 fully saturated rings. The van der Waals surface area contributed by atoms with Crippen molar-refractivity contribution in [3.8, 4) is 0 Å². The van der Waals surface area contributed by atoms with Crippen LogP contribution in [0, 0.1) is 0 Å². The van der Waals surface area contributed by atoms with Crippen molar-refractivity contribution < 1.29 is 24.1 Å².